The number of rotatable bonds is 2. The van der Waals surface area contributed by atoms with Crippen LogP contribution in [-0.2, 0) is 5.41 Å². The second-order valence-electron chi connectivity index (χ2n) is 14.7. The van der Waals surface area contributed by atoms with Crippen LogP contribution in [0.2, 0.25) is 0 Å². The summed E-state index contributed by atoms with van der Waals surface area (Å²) in [5.41, 5.74) is 20.7. The molecule has 47 heavy (non-hydrogen) atoms. The Morgan fingerprint density at radius 1 is 0.596 bits per heavy atom. The molecule has 0 aromatic heterocycles. The van der Waals surface area contributed by atoms with Crippen LogP contribution in [0.15, 0.2) is 144 Å². The third-order valence-corrected chi connectivity index (χ3v) is 12.5. The van der Waals surface area contributed by atoms with E-state index >= 15 is 0 Å². The summed E-state index contributed by atoms with van der Waals surface area (Å²) in [7, 11) is 0. The molecule has 1 spiro atoms. The molecule has 0 saturated heterocycles. The molecule has 1 heteroatoms. The van der Waals surface area contributed by atoms with Crippen molar-refractivity contribution in [3.8, 4) is 11.1 Å². The second kappa shape index (κ2) is 9.14. The van der Waals surface area contributed by atoms with Gasteiger partial charge in [-0.2, -0.15) is 0 Å². The minimum Gasteiger partial charge on any atom is -0.327 e. The molecule has 1 nitrogen and oxygen atoms in total. The van der Waals surface area contributed by atoms with Crippen molar-refractivity contribution >= 4 is 22.5 Å². The van der Waals surface area contributed by atoms with Gasteiger partial charge in [0, 0.05) is 28.8 Å². The molecule has 4 aliphatic carbocycles. The van der Waals surface area contributed by atoms with E-state index in [2.05, 4.69) is 167 Å². The number of anilines is 2. The Hall–Kier alpha value is -4.88. The van der Waals surface area contributed by atoms with E-state index in [-0.39, 0.29) is 11.3 Å². The van der Waals surface area contributed by atoms with Crippen LogP contribution in [0.5, 0.6) is 0 Å². The highest BCUT2D eigenvalue weighted by Gasteiger charge is 2.63. The summed E-state index contributed by atoms with van der Waals surface area (Å²) < 4.78 is 0. The monoisotopic (exact) mass is 605 g/mol. The van der Waals surface area contributed by atoms with Crippen molar-refractivity contribution in [1.29, 1.82) is 0 Å². The van der Waals surface area contributed by atoms with Crippen molar-refractivity contribution < 1.29 is 0 Å². The lowest BCUT2D eigenvalue weighted by Crippen LogP contribution is -2.54. The maximum Gasteiger partial charge on any atom is 0.0898 e. The fraction of sp³-hybridized carbons (Fsp3) is 0.217. The molecule has 5 atom stereocenters. The Morgan fingerprint density at radius 3 is 1.98 bits per heavy atom. The smallest absolute Gasteiger partial charge is 0.0898 e. The predicted molar refractivity (Wildman–Crippen MR) is 196 cm³/mol. The number of hydrogen-bond donors (Lipinski definition) is 0. The lowest BCUT2D eigenvalue weighted by Gasteiger charge is -2.57. The summed E-state index contributed by atoms with van der Waals surface area (Å²) in [5, 5.41) is 0. The lowest BCUT2D eigenvalue weighted by molar-refractivity contribution is 0.488. The van der Waals surface area contributed by atoms with Crippen molar-refractivity contribution in [3.05, 3.63) is 178 Å². The summed E-state index contributed by atoms with van der Waals surface area (Å²) >= 11 is 0. The SMILES string of the molecule is Cc1ccc(N2c3cccc4c3C3(C5=C(c6ccccc63)C(C)C3=C(C5C)C2(C)C(c2ccccc2)=CC3C)c2ccccc2-4)cc1. The zero-order valence-corrected chi connectivity index (χ0v) is 27.8. The van der Waals surface area contributed by atoms with Gasteiger partial charge >= 0.3 is 0 Å². The molecule has 0 saturated carbocycles. The Morgan fingerprint density at radius 2 is 1.23 bits per heavy atom. The van der Waals surface area contributed by atoms with Crippen LogP contribution in [0.3, 0.4) is 0 Å². The van der Waals surface area contributed by atoms with Crippen molar-refractivity contribution in [3.63, 3.8) is 0 Å². The molecule has 1 heterocycles. The minimum absolute atomic E-state index is 0.240. The summed E-state index contributed by atoms with van der Waals surface area (Å²) in [6.07, 6.45) is 2.61. The third kappa shape index (κ3) is 3.07. The number of benzene rings is 5. The summed E-state index contributed by atoms with van der Waals surface area (Å²) in [6.45, 7) is 12.2. The van der Waals surface area contributed by atoms with Gasteiger partial charge in [-0.25, -0.2) is 0 Å². The molecular weight excluding hydrogens is 567 g/mol. The van der Waals surface area contributed by atoms with Gasteiger partial charge in [-0.15, -0.1) is 0 Å². The first-order valence-corrected chi connectivity index (χ1v) is 17.3. The van der Waals surface area contributed by atoms with Gasteiger partial charge in [-0.05, 0) is 93.6 Å². The molecule has 0 fully saturated rings. The lowest BCUT2D eigenvalue weighted by atomic mass is 9.54. The first kappa shape index (κ1) is 27.3. The van der Waals surface area contributed by atoms with Crippen LogP contribution in [-0.4, -0.2) is 5.54 Å². The average molecular weight is 606 g/mol. The van der Waals surface area contributed by atoms with E-state index in [0.29, 0.717) is 11.8 Å². The fourth-order valence-electron chi connectivity index (χ4n) is 11.0. The van der Waals surface area contributed by atoms with Crippen LogP contribution < -0.4 is 4.90 Å². The molecule has 0 radical (unpaired) electrons. The normalized spacial score (nSPS) is 27.6. The highest BCUT2D eigenvalue weighted by Crippen LogP contribution is 2.72. The predicted octanol–water partition coefficient (Wildman–Crippen LogP) is 11.3. The van der Waals surface area contributed by atoms with Crippen molar-refractivity contribution in [2.24, 2.45) is 17.8 Å². The molecule has 5 aliphatic rings. The van der Waals surface area contributed by atoms with E-state index < -0.39 is 5.54 Å². The first-order chi connectivity index (χ1) is 22.9. The van der Waals surface area contributed by atoms with Gasteiger partial charge in [-0.3, -0.25) is 0 Å². The van der Waals surface area contributed by atoms with E-state index in [0.717, 1.165) is 0 Å². The van der Waals surface area contributed by atoms with Gasteiger partial charge in [0.1, 0.15) is 0 Å². The maximum absolute atomic E-state index is 2.75. The molecule has 5 aromatic rings. The molecule has 0 amide bonds. The Bertz CT molecular complexity index is 2260. The summed E-state index contributed by atoms with van der Waals surface area (Å²) in [6, 6.07) is 46.3. The number of nitrogens with zero attached hydrogens (tertiary/aromatic N) is 1. The Balaban J connectivity index is 1.45. The molecule has 5 aromatic carbocycles. The van der Waals surface area contributed by atoms with Gasteiger partial charge in [0.25, 0.3) is 0 Å². The highest BCUT2D eigenvalue weighted by atomic mass is 15.2. The minimum atomic E-state index is -0.421. The molecule has 5 unspecified atom stereocenters. The summed E-state index contributed by atoms with van der Waals surface area (Å²) in [5.74, 6) is 0.870. The molecule has 10 rings (SSSR count). The zero-order valence-electron chi connectivity index (χ0n) is 27.8. The van der Waals surface area contributed by atoms with Crippen molar-refractivity contribution in [1.82, 2.24) is 0 Å². The molecule has 2 bridgehead atoms. The molecule has 0 N–H and O–H groups in total. The van der Waals surface area contributed by atoms with E-state index in [1.165, 1.54) is 61.5 Å². The van der Waals surface area contributed by atoms with Gasteiger partial charge in [0.05, 0.1) is 11.0 Å². The van der Waals surface area contributed by atoms with E-state index in [1.807, 2.05) is 0 Å². The maximum atomic E-state index is 2.75. The Kier molecular flexibility index (Phi) is 5.30. The van der Waals surface area contributed by atoms with Crippen LogP contribution in [0.1, 0.15) is 61.1 Å². The van der Waals surface area contributed by atoms with Gasteiger partial charge < -0.3 is 4.90 Å². The van der Waals surface area contributed by atoms with Crippen LogP contribution in [0, 0.1) is 24.7 Å². The number of fused-ring (bicyclic) bond motifs is 4. The molecule has 228 valence electrons. The van der Waals surface area contributed by atoms with E-state index in [4.69, 9.17) is 0 Å². The van der Waals surface area contributed by atoms with Gasteiger partial charge in [0.15, 0.2) is 0 Å². The van der Waals surface area contributed by atoms with E-state index in [1.54, 1.807) is 22.3 Å². The zero-order chi connectivity index (χ0) is 31.8. The number of allylic oxidation sites excluding steroid dienone is 4. The van der Waals surface area contributed by atoms with Crippen LogP contribution in [0.4, 0.5) is 11.4 Å². The largest absolute Gasteiger partial charge is 0.327 e. The van der Waals surface area contributed by atoms with E-state index in [9.17, 15) is 0 Å². The third-order valence-electron chi connectivity index (χ3n) is 12.5. The average Bonchev–Trinajstić information content (AvgIpc) is 3.57. The second-order valence-corrected chi connectivity index (χ2v) is 14.7. The topological polar surface area (TPSA) is 3.24 Å². The van der Waals surface area contributed by atoms with Gasteiger partial charge in [0.2, 0.25) is 0 Å². The van der Waals surface area contributed by atoms with Crippen LogP contribution in [0.25, 0.3) is 22.3 Å². The Labute approximate surface area is 278 Å². The van der Waals surface area contributed by atoms with Crippen molar-refractivity contribution in [2.75, 3.05) is 4.90 Å². The number of hydrogen-bond acceptors (Lipinski definition) is 1. The van der Waals surface area contributed by atoms with Gasteiger partial charge in [-0.1, -0.05) is 141 Å². The standard InChI is InChI=1S/C46H39N/c1-27-22-24-32(25-23-27)47-39-21-13-18-34-33-16-9-11-19-36(33)46(44(34)39)37-20-12-10-17-35(37)41-29(3)40-28(2)26-38(31-14-7-6-8-15-31)45(47,5)42(40)30(4)43(41)46/h6-26,28-30H,1-5H3. The first-order valence-electron chi connectivity index (χ1n) is 17.3. The quantitative estimate of drug-likeness (QED) is 0.181. The molecule has 1 aliphatic heterocycles. The molecular formula is C46H39N. The summed E-state index contributed by atoms with van der Waals surface area (Å²) in [4.78, 5) is 2.75. The highest BCUT2D eigenvalue weighted by molar-refractivity contribution is 6.03. The fourth-order valence-corrected chi connectivity index (χ4v) is 11.0. The van der Waals surface area contributed by atoms with Crippen LogP contribution >= 0.6 is 0 Å². The van der Waals surface area contributed by atoms with Crippen molar-refractivity contribution in [2.45, 2.75) is 45.6 Å². The number of aryl methyl sites for hydroxylation is 1.